The summed E-state index contributed by atoms with van der Waals surface area (Å²) in [4.78, 5) is 20.7. The average Bonchev–Trinajstić information content (AvgIpc) is 2.61. The lowest BCUT2D eigenvalue weighted by Crippen LogP contribution is -2.33. The van der Waals surface area contributed by atoms with Gasteiger partial charge >= 0.3 is 0 Å². The van der Waals surface area contributed by atoms with Crippen molar-refractivity contribution in [2.75, 3.05) is 14.2 Å². The number of carbonyl (C=O) groups is 1. The molecule has 0 aliphatic heterocycles. The number of hydrogen-bond donors (Lipinski definition) is 1. The maximum Gasteiger partial charge on any atom is 0.233 e. The highest BCUT2D eigenvalue weighted by Crippen LogP contribution is 2.29. The van der Waals surface area contributed by atoms with Gasteiger partial charge in [-0.05, 0) is 38.1 Å². The van der Waals surface area contributed by atoms with Crippen LogP contribution >= 0.6 is 11.8 Å². The number of ether oxygens (including phenoxy) is 2. The molecule has 0 spiro atoms. The molecule has 6 nitrogen and oxygen atoms in total. The number of nitrogens with one attached hydrogen (secondary N) is 1. The number of hydrogen-bond acceptors (Lipinski definition) is 6. The molecule has 2 rings (SSSR count). The second kappa shape index (κ2) is 8.54. The summed E-state index contributed by atoms with van der Waals surface area (Å²) in [6.07, 6.45) is 3.31. The summed E-state index contributed by atoms with van der Waals surface area (Å²) in [5.74, 6) is 1.33. The highest BCUT2D eigenvalue weighted by Gasteiger charge is 2.20. The van der Waals surface area contributed by atoms with Crippen LogP contribution in [0.25, 0.3) is 0 Å². The first-order chi connectivity index (χ1) is 11.5. The van der Waals surface area contributed by atoms with Crippen LogP contribution in [0.2, 0.25) is 0 Å². The van der Waals surface area contributed by atoms with Gasteiger partial charge in [-0.25, -0.2) is 9.97 Å². The van der Waals surface area contributed by atoms with E-state index < -0.39 is 0 Å². The van der Waals surface area contributed by atoms with Gasteiger partial charge in [0.2, 0.25) is 5.91 Å². The number of thioether (sulfide) groups is 1. The number of methoxy groups -OCH3 is 2. The van der Waals surface area contributed by atoms with Gasteiger partial charge < -0.3 is 14.8 Å². The van der Waals surface area contributed by atoms with Crippen molar-refractivity contribution in [1.82, 2.24) is 15.3 Å². The Labute approximate surface area is 146 Å². The molecule has 0 unspecified atom stereocenters. The molecule has 1 aromatic heterocycles. The van der Waals surface area contributed by atoms with Crippen molar-refractivity contribution in [2.24, 2.45) is 0 Å². The van der Waals surface area contributed by atoms with Crippen LogP contribution in [0.5, 0.6) is 11.5 Å². The van der Waals surface area contributed by atoms with Gasteiger partial charge in [-0.3, -0.25) is 4.79 Å². The smallest absolute Gasteiger partial charge is 0.233 e. The van der Waals surface area contributed by atoms with E-state index in [1.54, 1.807) is 32.7 Å². The molecular formula is C17H21N3O3S. The van der Waals surface area contributed by atoms with Crippen molar-refractivity contribution in [2.45, 2.75) is 30.3 Å². The summed E-state index contributed by atoms with van der Waals surface area (Å²) in [6.45, 7) is 3.73. The third kappa shape index (κ3) is 4.61. The quantitative estimate of drug-likeness (QED) is 0.613. The molecule has 2 aromatic rings. The van der Waals surface area contributed by atoms with Crippen LogP contribution in [-0.2, 0) is 4.79 Å². The van der Waals surface area contributed by atoms with Gasteiger partial charge in [-0.1, -0.05) is 11.8 Å². The van der Waals surface area contributed by atoms with E-state index in [2.05, 4.69) is 15.3 Å². The molecule has 1 N–H and O–H groups in total. The van der Waals surface area contributed by atoms with E-state index in [9.17, 15) is 4.79 Å². The summed E-state index contributed by atoms with van der Waals surface area (Å²) < 4.78 is 10.6. The highest BCUT2D eigenvalue weighted by atomic mass is 32.2. The van der Waals surface area contributed by atoms with Crippen molar-refractivity contribution in [3.63, 3.8) is 0 Å². The van der Waals surface area contributed by atoms with Gasteiger partial charge in [0.1, 0.15) is 11.5 Å². The standard InChI is InChI=1S/C17H21N3O3S/c1-11(14-10-13(22-3)6-7-15(14)23-4)20-16(21)12(2)24-17-18-8-5-9-19-17/h5-12H,1-4H3,(H,20,21)/t11-,12-/m0/s1. The topological polar surface area (TPSA) is 73.3 Å². The lowest BCUT2D eigenvalue weighted by Gasteiger charge is -2.20. The van der Waals surface area contributed by atoms with E-state index in [1.165, 1.54) is 11.8 Å². The Bertz CT molecular complexity index is 682. The van der Waals surface area contributed by atoms with Gasteiger partial charge in [0.15, 0.2) is 5.16 Å². The minimum absolute atomic E-state index is 0.0928. The van der Waals surface area contributed by atoms with Crippen LogP contribution < -0.4 is 14.8 Å². The fourth-order valence-electron chi connectivity index (χ4n) is 2.14. The van der Waals surface area contributed by atoms with Crippen LogP contribution in [0.4, 0.5) is 0 Å². The van der Waals surface area contributed by atoms with E-state index in [1.807, 2.05) is 32.0 Å². The second-order valence-electron chi connectivity index (χ2n) is 5.13. The number of rotatable bonds is 7. The minimum Gasteiger partial charge on any atom is -0.497 e. The fourth-order valence-corrected chi connectivity index (χ4v) is 2.88. The maximum atomic E-state index is 12.4. The lowest BCUT2D eigenvalue weighted by molar-refractivity contribution is -0.120. The van der Waals surface area contributed by atoms with Crippen molar-refractivity contribution in [3.05, 3.63) is 42.2 Å². The van der Waals surface area contributed by atoms with Gasteiger partial charge in [-0.2, -0.15) is 0 Å². The summed E-state index contributed by atoms with van der Waals surface area (Å²) in [7, 11) is 3.21. The molecule has 0 fully saturated rings. The van der Waals surface area contributed by atoms with Crippen LogP contribution in [0.1, 0.15) is 25.5 Å². The predicted molar refractivity (Wildman–Crippen MR) is 93.5 cm³/mol. The molecule has 7 heteroatoms. The molecule has 0 aliphatic rings. The van der Waals surface area contributed by atoms with Crippen molar-refractivity contribution >= 4 is 17.7 Å². The van der Waals surface area contributed by atoms with Crippen LogP contribution in [0, 0.1) is 0 Å². The van der Waals surface area contributed by atoms with Gasteiger partial charge in [0.05, 0.1) is 25.5 Å². The Morgan fingerprint density at radius 2 is 1.88 bits per heavy atom. The molecule has 0 aliphatic carbocycles. The van der Waals surface area contributed by atoms with Gasteiger partial charge in [0.25, 0.3) is 0 Å². The van der Waals surface area contributed by atoms with Crippen molar-refractivity contribution < 1.29 is 14.3 Å². The number of benzene rings is 1. The van der Waals surface area contributed by atoms with Crippen molar-refractivity contribution in [3.8, 4) is 11.5 Å². The lowest BCUT2D eigenvalue weighted by atomic mass is 10.1. The SMILES string of the molecule is COc1ccc(OC)c([C@H](C)NC(=O)[C@H](C)Sc2ncccn2)c1. The Kier molecular flexibility index (Phi) is 6.43. The minimum atomic E-state index is -0.313. The molecule has 0 bridgehead atoms. The third-order valence-electron chi connectivity index (χ3n) is 3.46. The third-order valence-corrected chi connectivity index (χ3v) is 4.44. The molecule has 2 atom stereocenters. The molecule has 0 saturated carbocycles. The molecule has 24 heavy (non-hydrogen) atoms. The largest absolute Gasteiger partial charge is 0.497 e. The average molecular weight is 347 g/mol. The predicted octanol–water partition coefficient (Wildman–Crippen LogP) is 2.85. The van der Waals surface area contributed by atoms with E-state index in [-0.39, 0.29) is 17.2 Å². The first-order valence-corrected chi connectivity index (χ1v) is 8.39. The summed E-state index contributed by atoms with van der Waals surface area (Å²) in [5.41, 5.74) is 0.860. The normalized spacial score (nSPS) is 13.0. The fraction of sp³-hybridized carbons (Fsp3) is 0.353. The summed E-state index contributed by atoms with van der Waals surface area (Å²) in [5, 5.41) is 3.25. The van der Waals surface area contributed by atoms with E-state index in [4.69, 9.17) is 9.47 Å². The molecule has 0 saturated heterocycles. The molecule has 128 valence electrons. The van der Waals surface area contributed by atoms with Crippen LogP contribution in [0.15, 0.2) is 41.8 Å². The number of carbonyl (C=O) groups excluding carboxylic acids is 1. The van der Waals surface area contributed by atoms with Gasteiger partial charge in [0, 0.05) is 18.0 Å². The Morgan fingerprint density at radius 1 is 1.17 bits per heavy atom. The van der Waals surface area contributed by atoms with Crippen LogP contribution in [-0.4, -0.2) is 35.3 Å². The van der Waals surface area contributed by atoms with E-state index >= 15 is 0 Å². The Balaban J connectivity index is 2.05. The summed E-state index contributed by atoms with van der Waals surface area (Å²) in [6, 6.07) is 7.03. The molecule has 1 amide bonds. The Morgan fingerprint density at radius 3 is 2.50 bits per heavy atom. The van der Waals surface area contributed by atoms with Gasteiger partial charge in [-0.15, -0.1) is 0 Å². The monoisotopic (exact) mass is 347 g/mol. The zero-order chi connectivity index (χ0) is 17.5. The number of aromatic nitrogens is 2. The molecular weight excluding hydrogens is 326 g/mol. The molecule has 0 radical (unpaired) electrons. The first-order valence-electron chi connectivity index (χ1n) is 7.51. The maximum absolute atomic E-state index is 12.4. The molecule has 1 heterocycles. The van der Waals surface area contributed by atoms with E-state index in [0.717, 1.165) is 5.56 Å². The zero-order valence-corrected chi connectivity index (χ0v) is 15.0. The second-order valence-corrected chi connectivity index (χ2v) is 6.44. The van der Waals surface area contributed by atoms with Crippen LogP contribution in [0.3, 0.4) is 0 Å². The first kappa shape index (κ1) is 18.1. The number of amides is 1. The highest BCUT2D eigenvalue weighted by molar-refractivity contribution is 8.00. The van der Waals surface area contributed by atoms with Crippen molar-refractivity contribution in [1.29, 1.82) is 0 Å². The summed E-state index contributed by atoms with van der Waals surface area (Å²) >= 11 is 1.32. The van der Waals surface area contributed by atoms with E-state index in [0.29, 0.717) is 16.7 Å². The number of nitrogens with zero attached hydrogens (tertiary/aromatic N) is 2. The molecule has 1 aromatic carbocycles. The zero-order valence-electron chi connectivity index (χ0n) is 14.1. The Hall–Kier alpha value is -2.28.